The van der Waals surface area contributed by atoms with Gasteiger partial charge in [0.05, 0.1) is 11.0 Å². The van der Waals surface area contributed by atoms with Crippen molar-refractivity contribution >= 4 is 45.2 Å². The van der Waals surface area contributed by atoms with Gasteiger partial charge in [-0.05, 0) is 24.3 Å². The highest BCUT2D eigenvalue weighted by Crippen LogP contribution is 2.35. The largest absolute Gasteiger partial charge is 0.372 e. The van der Waals surface area contributed by atoms with Crippen molar-refractivity contribution < 1.29 is 14.1 Å². The number of nitrogens with one attached hydrogen (secondary N) is 1. The summed E-state index contributed by atoms with van der Waals surface area (Å²) in [7, 11) is 0. The lowest BCUT2D eigenvalue weighted by Gasteiger charge is -2.20. The molecule has 0 saturated heterocycles. The molecule has 120 valence electrons. The number of hydrogen-bond donors (Lipinski definition) is 1. The maximum Gasteiger partial charge on any atom is 0.292 e. The van der Waals surface area contributed by atoms with Crippen LogP contribution in [0.15, 0.2) is 40.9 Å². The number of halogens is 3. The van der Waals surface area contributed by atoms with E-state index in [9.17, 15) is 19.3 Å². The number of nitro groups is 1. The molecule has 0 bridgehead atoms. The average molecular weight is 402 g/mol. The first-order valence-electron chi connectivity index (χ1n) is 6.52. The lowest BCUT2D eigenvalue weighted by atomic mass is 10.0. The van der Waals surface area contributed by atoms with Crippen molar-refractivity contribution in [2.24, 2.45) is 0 Å². The van der Waals surface area contributed by atoms with Gasteiger partial charge in [0.25, 0.3) is 5.69 Å². The van der Waals surface area contributed by atoms with E-state index in [1.807, 2.05) is 0 Å². The first-order valence-corrected chi connectivity index (χ1v) is 7.69. The second kappa shape index (κ2) is 7.52. The van der Waals surface area contributed by atoms with E-state index in [-0.39, 0.29) is 28.4 Å². The van der Waals surface area contributed by atoms with E-state index in [1.54, 1.807) is 6.07 Å². The van der Waals surface area contributed by atoms with Crippen molar-refractivity contribution in [3.8, 4) is 0 Å². The summed E-state index contributed by atoms with van der Waals surface area (Å²) in [6.45, 7) is 0. The van der Waals surface area contributed by atoms with Crippen molar-refractivity contribution in [2.75, 3.05) is 5.32 Å². The third-order valence-electron chi connectivity index (χ3n) is 3.17. The molecular weight excluding hydrogens is 391 g/mol. The number of rotatable bonds is 6. The minimum Gasteiger partial charge on any atom is -0.372 e. The van der Waals surface area contributed by atoms with E-state index in [2.05, 4.69) is 21.2 Å². The van der Waals surface area contributed by atoms with Crippen LogP contribution in [-0.4, -0.2) is 11.2 Å². The van der Waals surface area contributed by atoms with Gasteiger partial charge >= 0.3 is 0 Å². The summed E-state index contributed by atoms with van der Waals surface area (Å²) in [6, 6.07) is 7.63. The molecule has 2 aromatic carbocycles. The van der Waals surface area contributed by atoms with Gasteiger partial charge in [-0.15, -0.1) is 0 Å². The molecule has 1 N–H and O–H groups in total. The smallest absolute Gasteiger partial charge is 0.292 e. The van der Waals surface area contributed by atoms with Crippen LogP contribution >= 0.6 is 27.5 Å². The second-order valence-corrected chi connectivity index (χ2v) is 5.94. The maximum atomic E-state index is 14.1. The van der Waals surface area contributed by atoms with E-state index in [4.69, 9.17) is 11.6 Å². The molecule has 0 spiro atoms. The second-order valence-electron chi connectivity index (χ2n) is 4.65. The Morgan fingerprint density at radius 3 is 2.74 bits per heavy atom. The highest BCUT2D eigenvalue weighted by molar-refractivity contribution is 9.10. The van der Waals surface area contributed by atoms with Crippen LogP contribution in [0.4, 0.5) is 15.8 Å². The standard InChI is InChI=1S/C15H11BrClFN2O3/c16-10-2-1-3-11(18)15(10)12(6-7-21)19-13-8-9(17)4-5-14(13)20(22)23/h1-5,7-8,12,19H,6H2/t12-/m1/s1. The Morgan fingerprint density at radius 2 is 2.13 bits per heavy atom. The number of carbonyl (C=O) groups is 1. The number of nitrogens with zero attached hydrogens (tertiary/aromatic N) is 1. The fourth-order valence-electron chi connectivity index (χ4n) is 2.16. The third-order valence-corrected chi connectivity index (χ3v) is 4.09. The number of anilines is 1. The lowest BCUT2D eigenvalue weighted by molar-refractivity contribution is -0.384. The first kappa shape index (κ1) is 17.4. The molecule has 1 atom stereocenters. The fourth-order valence-corrected chi connectivity index (χ4v) is 2.95. The van der Waals surface area contributed by atoms with Gasteiger partial charge in [-0.3, -0.25) is 10.1 Å². The normalized spacial score (nSPS) is 11.8. The molecule has 23 heavy (non-hydrogen) atoms. The fraction of sp³-hybridized carbons (Fsp3) is 0.133. The molecule has 8 heteroatoms. The van der Waals surface area contributed by atoms with Crippen LogP contribution in [0.2, 0.25) is 5.02 Å². The number of hydrogen-bond acceptors (Lipinski definition) is 4. The van der Waals surface area contributed by atoms with E-state index < -0.39 is 16.8 Å². The topological polar surface area (TPSA) is 72.2 Å². The molecule has 0 aliphatic heterocycles. The van der Waals surface area contributed by atoms with Gasteiger partial charge in [-0.2, -0.15) is 0 Å². The van der Waals surface area contributed by atoms with Gasteiger partial charge in [0.15, 0.2) is 0 Å². The summed E-state index contributed by atoms with van der Waals surface area (Å²) in [4.78, 5) is 21.5. The number of nitro benzene ring substituents is 1. The van der Waals surface area contributed by atoms with Crippen LogP contribution in [0.3, 0.4) is 0 Å². The third kappa shape index (κ3) is 4.05. The van der Waals surface area contributed by atoms with Crippen molar-refractivity contribution in [3.05, 3.63) is 67.4 Å². The Hall–Kier alpha value is -1.99. The predicted octanol–water partition coefficient (Wildman–Crippen LogP) is 4.89. The van der Waals surface area contributed by atoms with Gasteiger partial charge in [0.2, 0.25) is 0 Å². The molecular formula is C15H11BrClFN2O3. The van der Waals surface area contributed by atoms with E-state index >= 15 is 0 Å². The van der Waals surface area contributed by atoms with Gasteiger partial charge < -0.3 is 10.1 Å². The van der Waals surface area contributed by atoms with E-state index in [0.29, 0.717) is 10.8 Å². The predicted molar refractivity (Wildman–Crippen MR) is 89.3 cm³/mol. The molecule has 0 saturated carbocycles. The number of carbonyl (C=O) groups excluding carboxylic acids is 1. The molecule has 2 rings (SSSR count). The molecule has 0 aromatic heterocycles. The van der Waals surface area contributed by atoms with Crippen molar-refractivity contribution in [1.29, 1.82) is 0 Å². The molecule has 0 heterocycles. The van der Waals surface area contributed by atoms with Crippen LogP contribution in [-0.2, 0) is 4.79 Å². The number of aldehydes is 1. The molecule has 0 radical (unpaired) electrons. The quantitative estimate of drug-likeness (QED) is 0.425. The summed E-state index contributed by atoms with van der Waals surface area (Å²) in [6.07, 6.45) is 0.552. The summed E-state index contributed by atoms with van der Waals surface area (Å²) < 4.78 is 14.6. The van der Waals surface area contributed by atoms with Gasteiger partial charge in [-0.1, -0.05) is 33.6 Å². The number of benzene rings is 2. The Kier molecular flexibility index (Phi) is 5.68. The van der Waals surface area contributed by atoms with Crippen LogP contribution in [0.25, 0.3) is 0 Å². The molecule has 0 amide bonds. The van der Waals surface area contributed by atoms with Crippen molar-refractivity contribution in [1.82, 2.24) is 0 Å². The van der Waals surface area contributed by atoms with Gasteiger partial charge in [0.1, 0.15) is 17.8 Å². The first-order chi connectivity index (χ1) is 10.9. The Morgan fingerprint density at radius 1 is 1.39 bits per heavy atom. The van der Waals surface area contributed by atoms with Gasteiger partial charge in [-0.25, -0.2) is 4.39 Å². The van der Waals surface area contributed by atoms with Crippen LogP contribution < -0.4 is 5.32 Å². The lowest BCUT2D eigenvalue weighted by Crippen LogP contribution is -2.15. The van der Waals surface area contributed by atoms with E-state index in [1.165, 1.54) is 30.3 Å². The molecule has 0 unspecified atom stereocenters. The minimum absolute atomic E-state index is 0.0663. The Labute approximate surface area is 144 Å². The van der Waals surface area contributed by atoms with Crippen LogP contribution in [0.5, 0.6) is 0 Å². The highest BCUT2D eigenvalue weighted by Gasteiger charge is 2.22. The summed E-state index contributed by atoms with van der Waals surface area (Å²) in [5, 5.41) is 14.2. The molecule has 2 aromatic rings. The summed E-state index contributed by atoms with van der Waals surface area (Å²) in [5.41, 5.74) is 0.121. The zero-order valence-corrected chi connectivity index (χ0v) is 14.0. The van der Waals surface area contributed by atoms with Crippen molar-refractivity contribution in [2.45, 2.75) is 12.5 Å². The molecule has 0 fully saturated rings. The summed E-state index contributed by atoms with van der Waals surface area (Å²) in [5.74, 6) is -0.525. The zero-order chi connectivity index (χ0) is 17.0. The molecule has 0 aliphatic carbocycles. The van der Waals surface area contributed by atoms with Crippen LogP contribution in [0, 0.1) is 15.9 Å². The molecule has 5 nitrogen and oxygen atoms in total. The Balaban J connectivity index is 2.47. The zero-order valence-electron chi connectivity index (χ0n) is 11.6. The molecule has 0 aliphatic rings. The maximum absolute atomic E-state index is 14.1. The minimum atomic E-state index is -0.778. The Bertz CT molecular complexity index is 737. The van der Waals surface area contributed by atoms with Crippen LogP contribution in [0.1, 0.15) is 18.0 Å². The SMILES string of the molecule is O=CC[C@@H](Nc1cc(Cl)ccc1[N+](=O)[O-])c1c(F)cccc1Br. The van der Waals surface area contributed by atoms with Crippen molar-refractivity contribution in [3.63, 3.8) is 0 Å². The van der Waals surface area contributed by atoms with Gasteiger partial charge in [0, 0.05) is 27.5 Å². The monoisotopic (exact) mass is 400 g/mol. The average Bonchev–Trinajstić information content (AvgIpc) is 2.47. The summed E-state index contributed by atoms with van der Waals surface area (Å²) >= 11 is 9.11. The highest BCUT2D eigenvalue weighted by atomic mass is 79.9. The van der Waals surface area contributed by atoms with E-state index in [0.717, 1.165) is 0 Å².